The van der Waals surface area contributed by atoms with Gasteiger partial charge in [-0.3, -0.25) is 4.79 Å². The van der Waals surface area contributed by atoms with Crippen LogP contribution in [0.5, 0.6) is 0 Å². The number of nitrogens with one attached hydrogen (secondary N) is 1. The third kappa shape index (κ3) is 4.62. The highest BCUT2D eigenvalue weighted by atomic mass is 32.2. The Hall–Kier alpha value is -1.45. The molecule has 0 spiro atoms. The quantitative estimate of drug-likeness (QED) is 0.465. The van der Waals surface area contributed by atoms with Crippen molar-refractivity contribution in [3.8, 4) is 0 Å². The van der Waals surface area contributed by atoms with Crippen molar-refractivity contribution in [2.24, 2.45) is 0 Å². The fourth-order valence-electron chi connectivity index (χ4n) is 1.15. The van der Waals surface area contributed by atoms with E-state index in [-0.39, 0.29) is 16.8 Å². The summed E-state index contributed by atoms with van der Waals surface area (Å²) in [4.78, 5) is 11.4. The van der Waals surface area contributed by atoms with Gasteiger partial charge in [-0.25, -0.2) is 4.68 Å². The van der Waals surface area contributed by atoms with Gasteiger partial charge in [0.25, 0.3) is 5.82 Å². The molecule has 0 aliphatic rings. The fraction of sp³-hybridized carbons (Fsp3) is 0.667. The van der Waals surface area contributed by atoms with Crippen molar-refractivity contribution in [2.75, 3.05) is 18.1 Å². The van der Waals surface area contributed by atoms with Crippen LogP contribution in [0.2, 0.25) is 0 Å². The van der Waals surface area contributed by atoms with Crippen molar-refractivity contribution in [1.82, 2.24) is 20.2 Å². The normalized spacial score (nSPS) is 11.6. The molecule has 6 nitrogen and oxygen atoms in total. The van der Waals surface area contributed by atoms with Gasteiger partial charge in [0, 0.05) is 6.54 Å². The van der Waals surface area contributed by atoms with Gasteiger partial charge in [-0.1, -0.05) is 25.1 Å². The molecule has 0 aliphatic heterocycles. The summed E-state index contributed by atoms with van der Waals surface area (Å²) in [6, 6.07) is 0. The molecule has 0 radical (unpaired) electrons. The second-order valence-electron chi connectivity index (χ2n) is 3.67. The molecule has 1 heterocycles. The molecule has 10 heteroatoms. The SMILES string of the molecule is CCCCNC(=O)CSc1nnc(C(F)(F)F)n1N. The van der Waals surface area contributed by atoms with E-state index in [2.05, 4.69) is 15.5 Å². The Labute approximate surface area is 111 Å². The van der Waals surface area contributed by atoms with Crippen LogP contribution in [0, 0.1) is 0 Å². The molecule has 0 saturated carbocycles. The van der Waals surface area contributed by atoms with E-state index in [1.807, 2.05) is 6.92 Å². The molecule has 0 aromatic carbocycles. The molecule has 1 rings (SSSR count). The first-order valence-electron chi connectivity index (χ1n) is 5.53. The van der Waals surface area contributed by atoms with E-state index < -0.39 is 12.0 Å². The number of thioether (sulfide) groups is 1. The smallest absolute Gasteiger partial charge is 0.355 e. The highest BCUT2D eigenvalue weighted by molar-refractivity contribution is 7.99. The second kappa shape index (κ2) is 6.64. The molecule has 1 aromatic rings. The van der Waals surface area contributed by atoms with Crippen LogP contribution in [-0.2, 0) is 11.0 Å². The lowest BCUT2D eigenvalue weighted by atomic mass is 10.3. The molecule has 0 unspecified atom stereocenters. The molecular formula is C9H14F3N5OS. The Balaban J connectivity index is 2.50. The van der Waals surface area contributed by atoms with Gasteiger partial charge in [0.2, 0.25) is 11.1 Å². The molecule has 0 saturated heterocycles. The zero-order chi connectivity index (χ0) is 14.5. The van der Waals surface area contributed by atoms with Crippen LogP contribution >= 0.6 is 11.8 Å². The number of halogens is 3. The van der Waals surface area contributed by atoms with Gasteiger partial charge in [-0.05, 0) is 6.42 Å². The molecular weight excluding hydrogens is 283 g/mol. The lowest BCUT2D eigenvalue weighted by Gasteiger charge is -2.06. The second-order valence-corrected chi connectivity index (χ2v) is 4.61. The average Bonchev–Trinajstić information content (AvgIpc) is 2.68. The van der Waals surface area contributed by atoms with Crippen LogP contribution in [0.15, 0.2) is 5.16 Å². The van der Waals surface area contributed by atoms with E-state index in [4.69, 9.17) is 5.84 Å². The molecule has 0 bridgehead atoms. The number of unbranched alkanes of at least 4 members (excludes halogenated alkanes) is 1. The Morgan fingerprint density at radius 2 is 2.16 bits per heavy atom. The zero-order valence-corrected chi connectivity index (χ0v) is 11.0. The van der Waals surface area contributed by atoms with E-state index in [0.717, 1.165) is 24.6 Å². The van der Waals surface area contributed by atoms with Gasteiger partial charge in [0.1, 0.15) is 0 Å². The Kier molecular flexibility index (Phi) is 5.45. The third-order valence-electron chi connectivity index (χ3n) is 2.10. The summed E-state index contributed by atoms with van der Waals surface area (Å²) in [5.74, 6) is 3.59. The maximum Gasteiger partial charge on any atom is 0.453 e. The van der Waals surface area contributed by atoms with Gasteiger partial charge in [-0.2, -0.15) is 13.2 Å². The van der Waals surface area contributed by atoms with E-state index >= 15 is 0 Å². The van der Waals surface area contributed by atoms with Crippen molar-refractivity contribution in [1.29, 1.82) is 0 Å². The topological polar surface area (TPSA) is 85.8 Å². The summed E-state index contributed by atoms with van der Waals surface area (Å²) >= 11 is 0.802. The van der Waals surface area contributed by atoms with Crippen LogP contribution < -0.4 is 11.2 Å². The number of carbonyl (C=O) groups excluding carboxylic acids is 1. The molecule has 108 valence electrons. The number of hydrogen-bond donors (Lipinski definition) is 2. The minimum atomic E-state index is -4.66. The summed E-state index contributed by atoms with van der Waals surface area (Å²) in [7, 11) is 0. The van der Waals surface area contributed by atoms with Gasteiger partial charge < -0.3 is 11.2 Å². The lowest BCUT2D eigenvalue weighted by Crippen LogP contribution is -2.26. The van der Waals surface area contributed by atoms with Crippen molar-refractivity contribution in [2.45, 2.75) is 31.1 Å². The predicted molar refractivity (Wildman–Crippen MR) is 63.8 cm³/mol. The number of alkyl halides is 3. The number of nitrogens with zero attached hydrogens (tertiary/aromatic N) is 3. The maximum absolute atomic E-state index is 12.4. The Morgan fingerprint density at radius 3 is 2.68 bits per heavy atom. The molecule has 1 amide bonds. The first kappa shape index (κ1) is 15.6. The van der Waals surface area contributed by atoms with Crippen LogP contribution in [0.25, 0.3) is 0 Å². The van der Waals surface area contributed by atoms with Crippen molar-refractivity contribution in [3.63, 3.8) is 0 Å². The van der Waals surface area contributed by atoms with Crippen LogP contribution in [-0.4, -0.2) is 33.1 Å². The number of aromatic nitrogens is 3. The molecule has 0 fully saturated rings. The minimum Gasteiger partial charge on any atom is -0.355 e. The van der Waals surface area contributed by atoms with Crippen LogP contribution in [0.3, 0.4) is 0 Å². The average molecular weight is 297 g/mol. The number of nitrogen functional groups attached to an aromatic ring is 1. The van der Waals surface area contributed by atoms with Crippen LogP contribution in [0.4, 0.5) is 13.2 Å². The molecule has 0 atom stereocenters. The molecule has 3 N–H and O–H groups in total. The van der Waals surface area contributed by atoms with Crippen molar-refractivity contribution >= 4 is 17.7 Å². The first-order valence-corrected chi connectivity index (χ1v) is 6.52. The van der Waals surface area contributed by atoms with E-state index in [1.165, 1.54) is 0 Å². The molecule has 1 aromatic heterocycles. The number of hydrogen-bond acceptors (Lipinski definition) is 5. The molecule has 0 aliphatic carbocycles. The Morgan fingerprint density at radius 1 is 1.47 bits per heavy atom. The van der Waals surface area contributed by atoms with Gasteiger partial charge in [0.05, 0.1) is 5.75 Å². The van der Waals surface area contributed by atoms with Gasteiger partial charge in [-0.15, -0.1) is 10.2 Å². The van der Waals surface area contributed by atoms with E-state index in [9.17, 15) is 18.0 Å². The van der Waals surface area contributed by atoms with Gasteiger partial charge in [0.15, 0.2) is 0 Å². The number of carbonyl (C=O) groups is 1. The summed E-state index contributed by atoms with van der Waals surface area (Å²) in [6.07, 6.45) is -2.87. The summed E-state index contributed by atoms with van der Waals surface area (Å²) in [6.45, 7) is 2.52. The highest BCUT2D eigenvalue weighted by Gasteiger charge is 2.38. The number of nitrogens with two attached hydrogens (primary N) is 1. The minimum absolute atomic E-state index is 0.0586. The maximum atomic E-state index is 12.4. The summed E-state index contributed by atoms with van der Waals surface area (Å²) in [5.41, 5.74) is 0. The standard InChI is InChI=1S/C9H14F3N5OS/c1-2-3-4-14-6(18)5-19-8-16-15-7(17(8)13)9(10,11)12/h2-5,13H2,1H3,(H,14,18). The number of rotatable bonds is 6. The number of amides is 1. The van der Waals surface area contributed by atoms with Gasteiger partial charge >= 0.3 is 6.18 Å². The first-order chi connectivity index (χ1) is 8.86. The summed E-state index contributed by atoms with van der Waals surface area (Å²) < 4.78 is 37.5. The highest BCUT2D eigenvalue weighted by Crippen LogP contribution is 2.28. The largest absolute Gasteiger partial charge is 0.453 e. The van der Waals surface area contributed by atoms with Crippen LogP contribution in [0.1, 0.15) is 25.6 Å². The zero-order valence-electron chi connectivity index (χ0n) is 10.2. The van der Waals surface area contributed by atoms with E-state index in [0.29, 0.717) is 11.2 Å². The fourth-order valence-corrected chi connectivity index (χ4v) is 1.84. The van der Waals surface area contributed by atoms with E-state index in [1.54, 1.807) is 0 Å². The Bertz CT molecular complexity index is 434. The predicted octanol–water partition coefficient (Wildman–Crippen LogP) is 1.02. The third-order valence-corrected chi connectivity index (χ3v) is 3.05. The van der Waals surface area contributed by atoms with Crippen molar-refractivity contribution < 1.29 is 18.0 Å². The van der Waals surface area contributed by atoms with Crippen molar-refractivity contribution in [3.05, 3.63) is 5.82 Å². The monoisotopic (exact) mass is 297 g/mol. The summed E-state index contributed by atoms with van der Waals surface area (Å²) in [5, 5.41) is 8.73. The molecule has 19 heavy (non-hydrogen) atoms. The lowest BCUT2D eigenvalue weighted by molar-refractivity contribution is -0.146.